The quantitative estimate of drug-likeness (QED) is 0.510. The molecular weight excluding hydrogens is 112 g/mol. The second kappa shape index (κ2) is 2.09. The first kappa shape index (κ1) is 4.80. The van der Waals surface area contributed by atoms with Crippen LogP contribution in [0.4, 0.5) is 0 Å². The summed E-state index contributed by atoms with van der Waals surface area (Å²) in [5, 5.41) is 0. The van der Waals surface area contributed by atoms with Crippen molar-refractivity contribution in [3.8, 4) is 0 Å². The highest BCUT2D eigenvalue weighted by atomic mass is 32.2. The van der Waals surface area contributed by atoms with E-state index in [1.165, 1.54) is 18.2 Å². The maximum absolute atomic E-state index is 4.58. The first-order valence-corrected chi connectivity index (χ1v) is 2.67. The molecule has 0 bridgehead atoms. The van der Waals surface area contributed by atoms with Gasteiger partial charge >= 0.3 is 0 Å². The minimum Gasteiger partial charge on any atom is -0.394 e. The predicted molar refractivity (Wildman–Crippen MR) is 28.1 cm³/mol. The van der Waals surface area contributed by atoms with Gasteiger partial charge in [-0.3, -0.25) is 0 Å². The Morgan fingerprint density at radius 1 is 1.86 bits per heavy atom. The van der Waals surface area contributed by atoms with Crippen LogP contribution in [0.1, 0.15) is 0 Å². The van der Waals surface area contributed by atoms with Gasteiger partial charge in [-0.1, -0.05) is 5.59 Å². The van der Waals surface area contributed by atoms with Crippen LogP contribution in [-0.4, -0.2) is 4.41 Å². The van der Waals surface area contributed by atoms with E-state index < -0.39 is 0 Å². The SMILES string of the molecule is [CH2]SN1C=CON1. The van der Waals surface area contributed by atoms with E-state index in [0.29, 0.717) is 0 Å². The lowest BCUT2D eigenvalue weighted by molar-refractivity contribution is 0.0900. The summed E-state index contributed by atoms with van der Waals surface area (Å²) in [6.45, 7) is 0. The Hall–Kier alpha value is -0.350. The zero-order valence-electron chi connectivity index (χ0n) is 3.63. The summed E-state index contributed by atoms with van der Waals surface area (Å²) in [6.07, 6.45) is 6.79. The zero-order valence-corrected chi connectivity index (χ0v) is 4.44. The summed E-state index contributed by atoms with van der Waals surface area (Å²) in [7, 11) is 0. The largest absolute Gasteiger partial charge is 0.394 e. The van der Waals surface area contributed by atoms with E-state index in [1.54, 1.807) is 10.6 Å². The number of nitrogens with one attached hydrogen (secondary N) is 1. The molecule has 1 radical (unpaired) electrons. The highest BCUT2D eigenvalue weighted by Crippen LogP contribution is 2.06. The standard InChI is InChI=1S/C3H5N2OS/c1-7-5-2-3-6-4-5/h2-4H,1H2. The van der Waals surface area contributed by atoms with Crippen LogP contribution in [0.5, 0.6) is 0 Å². The van der Waals surface area contributed by atoms with Crippen LogP contribution in [0.2, 0.25) is 0 Å². The fourth-order valence-electron chi connectivity index (χ4n) is 0.268. The van der Waals surface area contributed by atoms with Gasteiger partial charge in [0.05, 0.1) is 6.20 Å². The van der Waals surface area contributed by atoms with Gasteiger partial charge in [-0.2, -0.15) is 0 Å². The van der Waals surface area contributed by atoms with Crippen LogP contribution in [0.15, 0.2) is 12.5 Å². The van der Waals surface area contributed by atoms with Gasteiger partial charge < -0.3 is 4.84 Å². The summed E-state index contributed by atoms with van der Waals surface area (Å²) < 4.78 is 1.64. The van der Waals surface area contributed by atoms with Crippen molar-refractivity contribution in [1.29, 1.82) is 0 Å². The molecule has 0 aromatic rings. The van der Waals surface area contributed by atoms with Crippen LogP contribution in [0, 0.1) is 6.26 Å². The molecule has 0 fully saturated rings. The van der Waals surface area contributed by atoms with Gasteiger partial charge in [-0.25, -0.2) is 4.41 Å². The van der Waals surface area contributed by atoms with Crippen molar-refractivity contribution in [2.75, 3.05) is 0 Å². The summed E-state index contributed by atoms with van der Waals surface area (Å²) in [5.41, 5.74) is 2.53. The molecule has 0 saturated carbocycles. The molecule has 1 heterocycles. The molecule has 7 heavy (non-hydrogen) atoms. The maximum atomic E-state index is 4.58. The number of hydrazine groups is 1. The molecule has 0 aromatic carbocycles. The summed E-state index contributed by atoms with van der Waals surface area (Å²) in [4.78, 5) is 4.58. The van der Waals surface area contributed by atoms with E-state index in [0.717, 1.165) is 0 Å². The molecule has 0 saturated heterocycles. The zero-order chi connectivity index (χ0) is 5.11. The number of hydrogen-bond donors (Lipinski definition) is 1. The number of nitrogens with zero attached hydrogens (tertiary/aromatic N) is 1. The van der Waals surface area contributed by atoms with Gasteiger partial charge in [0.25, 0.3) is 0 Å². The van der Waals surface area contributed by atoms with Crippen molar-refractivity contribution in [2.24, 2.45) is 0 Å². The average Bonchev–Trinajstić information content (AvgIpc) is 2.14. The van der Waals surface area contributed by atoms with Crippen molar-refractivity contribution in [3.05, 3.63) is 18.7 Å². The Bertz CT molecular complexity index is 85.0. The molecule has 0 aliphatic carbocycles. The highest BCUT2D eigenvalue weighted by Gasteiger charge is 1.98. The second-order valence-electron chi connectivity index (χ2n) is 0.949. The van der Waals surface area contributed by atoms with Gasteiger partial charge in [-0.05, 0) is 11.9 Å². The van der Waals surface area contributed by atoms with Crippen molar-refractivity contribution >= 4 is 11.9 Å². The molecule has 0 aromatic heterocycles. The highest BCUT2D eigenvalue weighted by molar-refractivity contribution is 7.98. The van der Waals surface area contributed by atoms with Gasteiger partial charge in [0, 0.05) is 6.26 Å². The van der Waals surface area contributed by atoms with Crippen molar-refractivity contribution in [3.63, 3.8) is 0 Å². The summed E-state index contributed by atoms with van der Waals surface area (Å²) in [5.74, 6) is 0. The molecule has 1 N–H and O–H groups in total. The van der Waals surface area contributed by atoms with Crippen LogP contribution < -0.4 is 5.59 Å². The number of hydrogen-bond acceptors (Lipinski definition) is 4. The van der Waals surface area contributed by atoms with Crippen molar-refractivity contribution in [2.45, 2.75) is 0 Å². The predicted octanol–water partition coefficient (Wildman–Crippen LogP) is 0.649. The van der Waals surface area contributed by atoms with Gasteiger partial charge in [0.2, 0.25) is 0 Å². The smallest absolute Gasteiger partial charge is 0.132 e. The minimum absolute atomic E-state index is 1.29. The Morgan fingerprint density at radius 3 is 3.00 bits per heavy atom. The molecule has 1 rings (SSSR count). The third-order valence-electron chi connectivity index (χ3n) is 0.546. The molecular formula is C3H5N2OS. The lowest BCUT2D eigenvalue weighted by atomic mass is 11.0. The normalized spacial score (nSPS) is 17.6. The lowest BCUT2D eigenvalue weighted by Gasteiger charge is -2.06. The van der Waals surface area contributed by atoms with Crippen LogP contribution >= 0.6 is 11.9 Å². The molecule has 39 valence electrons. The summed E-state index contributed by atoms with van der Waals surface area (Å²) >= 11 is 1.29. The minimum atomic E-state index is 1.29. The molecule has 3 nitrogen and oxygen atoms in total. The maximum Gasteiger partial charge on any atom is 0.132 e. The molecule has 0 atom stereocenters. The third kappa shape index (κ3) is 1.01. The Balaban J connectivity index is 2.28. The van der Waals surface area contributed by atoms with Crippen LogP contribution in [-0.2, 0) is 4.84 Å². The van der Waals surface area contributed by atoms with Gasteiger partial charge in [0.1, 0.15) is 6.26 Å². The molecule has 0 spiro atoms. The Labute approximate surface area is 46.4 Å². The summed E-state index contributed by atoms with van der Waals surface area (Å²) in [6, 6.07) is 0. The van der Waals surface area contributed by atoms with E-state index in [1.807, 2.05) is 0 Å². The van der Waals surface area contributed by atoms with Crippen LogP contribution in [0.25, 0.3) is 0 Å². The average molecular weight is 117 g/mol. The van der Waals surface area contributed by atoms with E-state index in [4.69, 9.17) is 0 Å². The molecule has 1 aliphatic heterocycles. The molecule has 4 heteroatoms. The van der Waals surface area contributed by atoms with E-state index in [2.05, 4.69) is 16.7 Å². The second-order valence-corrected chi connectivity index (χ2v) is 1.60. The number of rotatable bonds is 1. The fraction of sp³-hybridized carbons (Fsp3) is 0. The van der Waals surface area contributed by atoms with Crippen molar-refractivity contribution < 1.29 is 4.84 Å². The van der Waals surface area contributed by atoms with E-state index in [-0.39, 0.29) is 0 Å². The monoisotopic (exact) mass is 117 g/mol. The topological polar surface area (TPSA) is 24.5 Å². The Morgan fingerprint density at radius 2 is 2.71 bits per heavy atom. The first-order chi connectivity index (χ1) is 3.43. The van der Waals surface area contributed by atoms with Gasteiger partial charge in [-0.15, -0.1) is 0 Å². The van der Waals surface area contributed by atoms with Crippen LogP contribution in [0.3, 0.4) is 0 Å². The fourth-order valence-corrected chi connectivity index (χ4v) is 0.499. The molecule has 1 aliphatic rings. The molecule has 0 unspecified atom stereocenters. The third-order valence-corrected chi connectivity index (χ3v) is 1.02. The molecule has 0 amide bonds. The van der Waals surface area contributed by atoms with E-state index >= 15 is 0 Å². The lowest BCUT2D eigenvalue weighted by Crippen LogP contribution is -2.18. The van der Waals surface area contributed by atoms with Crippen molar-refractivity contribution in [1.82, 2.24) is 10.0 Å². The van der Waals surface area contributed by atoms with E-state index in [9.17, 15) is 0 Å². The van der Waals surface area contributed by atoms with Gasteiger partial charge in [0.15, 0.2) is 0 Å². The Kier molecular flexibility index (Phi) is 1.43. The first-order valence-electron chi connectivity index (χ1n) is 1.73.